The van der Waals surface area contributed by atoms with Gasteiger partial charge in [0.05, 0.1) is 11.2 Å². The number of carbonyl (C=O) groups excluding carboxylic acids is 1. The van der Waals surface area contributed by atoms with Gasteiger partial charge in [-0.3, -0.25) is 5.43 Å². The number of nitrogens with one attached hydrogen (secondary N) is 2. The molecule has 180 valence electrons. The van der Waals surface area contributed by atoms with Crippen LogP contribution in [-0.2, 0) is 0 Å². The van der Waals surface area contributed by atoms with Crippen molar-refractivity contribution in [1.82, 2.24) is 10.4 Å². The second-order valence-corrected chi connectivity index (χ2v) is 9.45. The molecule has 3 aromatic carbocycles. The number of hydrogen-bond donors (Lipinski definition) is 3. The highest BCUT2D eigenvalue weighted by atomic mass is 79.9. The van der Waals surface area contributed by atoms with E-state index in [1.165, 1.54) is 0 Å². The number of pyridine rings is 1. The second-order valence-electron chi connectivity index (χ2n) is 7.77. The third-order valence-electron chi connectivity index (χ3n) is 5.58. The first-order valence-corrected chi connectivity index (χ1v) is 12.8. The van der Waals surface area contributed by atoms with Gasteiger partial charge in [-0.1, -0.05) is 46.3 Å². The van der Waals surface area contributed by atoms with E-state index in [0.717, 1.165) is 43.4 Å². The van der Waals surface area contributed by atoms with Gasteiger partial charge in [-0.25, -0.2) is 15.6 Å². The Labute approximate surface area is 222 Å². The maximum absolute atomic E-state index is 11.9. The van der Waals surface area contributed by atoms with E-state index in [2.05, 4.69) is 37.6 Å². The highest BCUT2D eigenvalue weighted by molar-refractivity contribution is 9.10. The number of rotatable bonds is 8. The maximum atomic E-state index is 11.9. The number of urea groups is 1. The number of hydrazine groups is 1. The Morgan fingerprint density at radius 3 is 2.34 bits per heavy atom. The fraction of sp³-hybridized carbons (Fsp3) is 0.154. The molecule has 4 rings (SSSR count). The molecule has 9 heteroatoms. The Morgan fingerprint density at radius 2 is 1.66 bits per heavy atom. The van der Waals surface area contributed by atoms with Crippen LogP contribution in [-0.4, -0.2) is 35.9 Å². The number of halogens is 3. The average molecular weight is 573 g/mol. The largest absolute Gasteiger partial charge is 0.369 e. The summed E-state index contributed by atoms with van der Waals surface area (Å²) in [5.41, 5.74) is 8.29. The molecular formula is C26H24BrCl2N5O. The Bertz CT molecular complexity index is 1330. The molecule has 0 aliphatic rings. The standard InChI is InChI=1S/C26H24BrCl2N5O/c27-18-7-5-17(6-8-18)24-16-21(20-3-1-2-4-23(20)32-24)22-15-19(31-26(35)33-30)9-10-25(22)34(13-11-28)14-12-29/h1-10,15-16H,11-14,30H2,(H2,31,33,35). The summed E-state index contributed by atoms with van der Waals surface area (Å²) in [6, 6.07) is 23.4. The van der Waals surface area contributed by atoms with Crippen molar-refractivity contribution in [3.05, 3.63) is 77.3 Å². The van der Waals surface area contributed by atoms with Crippen LogP contribution < -0.4 is 21.5 Å². The first-order valence-electron chi connectivity index (χ1n) is 11.0. The molecular weight excluding hydrogens is 549 g/mol. The van der Waals surface area contributed by atoms with E-state index in [0.29, 0.717) is 30.5 Å². The lowest BCUT2D eigenvalue weighted by Crippen LogP contribution is -2.34. The van der Waals surface area contributed by atoms with Crippen molar-refractivity contribution in [3.8, 4) is 22.4 Å². The molecule has 0 radical (unpaired) electrons. The van der Waals surface area contributed by atoms with E-state index in [9.17, 15) is 4.79 Å². The maximum Gasteiger partial charge on any atom is 0.333 e. The first-order chi connectivity index (χ1) is 17.0. The molecule has 0 saturated heterocycles. The molecule has 0 aliphatic carbocycles. The minimum Gasteiger partial charge on any atom is -0.369 e. The predicted molar refractivity (Wildman–Crippen MR) is 150 cm³/mol. The highest BCUT2D eigenvalue weighted by Crippen LogP contribution is 2.39. The Balaban J connectivity index is 1.97. The smallest absolute Gasteiger partial charge is 0.333 e. The van der Waals surface area contributed by atoms with Crippen molar-refractivity contribution >= 4 is 67.4 Å². The van der Waals surface area contributed by atoms with Gasteiger partial charge in [-0.15, -0.1) is 23.2 Å². The molecule has 4 aromatic rings. The van der Waals surface area contributed by atoms with Crippen molar-refractivity contribution in [3.63, 3.8) is 0 Å². The van der Waals surface area contributed by atoms with Crippen LogP contribution in [0.5, 0.6) is 0 Å². The molecule has 2 amide bonds. The van der Waals surface area contributed by atoms with E-state index in [1.807, 2.05) is 66.7 Å². The number of benzene rings is 3. The molecule has 0 fully saturated rings. The summed E-state index contributed by atoms with van der Waals surface area (Å²) in [6.45, 7) is 1.25. The molecule has 4 N–H and O–H groups in total. The molecule has 1 aromatic heterocycles. The topological polar surface area (TPSA) is 83.3 Å². The van der Waals surface area contributed by atoms with Crippen molar-refractivity contribution < 1.29 is 4.79 Å². The number of carbonyl (C=O) groups is 1. The zero-order chi connectivity index (χ0) is 24.8. The van der Waals surface area contributed by atoms with E-state index in [4.69, 9.17) is 34.0 Å². The van der Waals surface area contributed by atoms with E-state index >= 15 is 0 Å². The second kappa shape index (κ2) is 11.7. The lowest BCUT2D eigenvalue weighted by atomic mass is 9.96. The summed E-state index contributed by atoms with van der Waals surface area (Å²) in [7, 11) is 0. The van der Waals surface area contributed by atoms with Crippen LogP contribution in [0.25, 0.3) is 33.3 Å². The van der Waals surface area contributed by atoms with E-state index in [-0.39, 0.29) is 0 Å². The van der Waals surface area contributed by atoms with Crippen molar-refractivity contribution in [2.75, 3.05) is 35.1 Å². The number of anilines is 2. The zero-order valence-corrected chi connectivity index (χ0v) is 21.9. The minimum absolute atomic E-state index is 0.452. The van der Waals surface area contributed by atoms with Gasteiger partial charge in [-0.05, 0) is 48.0 Å². The number of fused-ring (bicyclic) bond motifs is 1. The monoisotopic (exact) mass is 571 g/mol. The van der Waals surface area contributed by atoms with Gasteiger partial charge >= 0.3 is 6.03 Å². The number of para-hydroxylation sites is 1. The summed E-state index contributed by atoms with van der Waals surface area (Å²) in [5, 5.41) is 3.76. The van der Waals surface area contributed by atoms with Crippen LogP contribution in [0.4, 0.5) is 16.2 Å². The summed E-state index contributed by atoms with van der Waals surface area (Å²) in [4.78, 5) is 19.0. The molecule has 35 heavy (non-hydrogen) atoms. The fourth-order valence-electron chi connectivity index (χ4n) is 4.00. The third-order valence-corrected chi connectivity index (χ3v) is 6.45. The number of amides is 2. The van der Waals surface area contributed by atoms with Crippen molar-refractivity contribution in [2.24, 2.45) is 5.84 Å². The molecule has 0 saturated carbocycles. The Morgan fingerprint density at radius 1 is 0.943 bits per heavy atom. The quantitative estimate of drug-likeness (QED) is 0.0959. The molecule has 0 atom stereocenters. The molecule has 6 nitrogen and oxygen atoms in total. The van der Waals surface area contributed by atoms with Gasteiger partial charge in [0.2, 0.25) is 0 Å². The van der Waals surface area contributed by atoms with Gasteiger partial charge in [0, 0.05) is 57.2 Å². The van der Waals surface area contributed by atoms with Crippen LogP contribution >= 0.6 is 39.1 Å². The number of alkyl halides is 2. The summed E-state index contributed by atoms with van der Waals surface area (Å²) in [5.74, 6) is 6.19. The molecule has 0 unspecified atom stereocenters. The zero-order valence-electron chi connectivity index (χ0n) is 18.8. The Kier molecular flexibility index (Phi) is 8.46. The number of nitrogens with two attached hydrogens (primary N) is 1. The third kappa shape index (κ3) is 5.87. The van der Waals surface area contributed by atoms with Gasteiger partial charge in [-0.2, -0.15) is 0 Å². The summed E-state index contributed by atoms with van der Waals surface area (Å²) in [6.07, 6.45) is 0. The SMILES string of the molecule is NNC(=O)Nc1ccc(N(CCCl)CCCl)c(-c2cc(-c3ccc(Br)cc3)nc3ccccc23)c1. The van der Waals surface area contributed by atoms with Crippen molar-refractivity contribution in [1.29, 1.82) is 0 Å². The van der Waals surface area contributed by atoms with E-state index in [1.54, 1.807) is 0 Å². The minimum atomic E-state index is -0.503. The van der Waals surface area contributed by atoms with Gasteiger partial charge in [0.25, 0.3) is 0 Å². The van der Waals surface area contributed by atoms with Crippen LogP contribution in [0.1, 0.15) is 0 Å². The number of hydrogen-bond acceptors (Lipinski definition) is 4. The average Bonchev–Trinajstić information content (AvgIpc) is 2.88. The van der Waals surface area contributed by atoms with Gasteiger partial charge in [0.1, 0.15) is 0 Å². The first kappa shape index (κ1) is 25.3. The fourth-order valence-corrected chi connectivity index (χ4v) is 4.67. The predicted octanol–water partition coefficient (Wildman–Crippen LogP) is 6.61. The van der Waals surface area contributed by atoms with Gasteiger partial charge in [0.15, 0.2) is 0 Å². The Hall–Kier alpha value is -2.84. The molecule has 0 aliphatic heterocycles. The molecule has 0 spiro atoms. The summed E-state index contributed by atoms with van der Waals surface area (Å²) < 4.78 is 0.999. The van der Waals surface area contributed by atoms with E-state index < -0.39 is 6.03 Å². The summed E-state index contributed by atoms with van der Waals surface area (Å²) >= 11 is 15.8. The lowest BCUT2D eigenvalue weighted by Gasteiger charge is -2.27. The number of aromatic nitrogens is 1. The van der Waals surface area contributed by atoms with Crippen molar-refractivity contribution in [2.45, 2.75) is 0 Å². The number of nitrogens with zero attached hydrogens (tertiary/aromatic N) is 2. The molecule has 1 heterocycles. The lowest BCUT2D eigenvalue weighted by molar-refractivity contribution is 0.252. The van der Waals surface area contributed by atoms with Crippen LogP contribution in [0.3, 0.4) is 0 Å². The van der Waals surface area contributed by atoms with Gasteiger partial charge < -0.3 is 10.2 Å². The van der Waals surface area contributed by atoms with Crippen LogP contribution in [0.15, 0.2) is 77.3 Å². The normalized spacial score (nSPS) is 10.9. The highest BCUT2D eigenvalue weighted by Gasteiger charge is 2.18. The molecule has 0 bridgehead atoms. The van der Waals surface area contributed by atoms with Crippen LogP contribution in [0, 0.1) is 0 Å². The van der Waals surface area contributed by atoms with Crippen LogP contribution in [0.2, 0.25) is 0 Å².